The van der Waals surface area contributed by atoms with E-state index < -0.39 is 5.91 Å². The Morgan fingerprint density at radius 3 is 0.865 bits per heavy atom. The van der Waals surface area contributed by atoms with Gasteiger partial charge in [0.25, 0.3) is 0 Å². The molecule has 197 valence electrons. The van der Waals surface area contributed by atoms with Crippen molar-refractivity contribution in [2.45, 2.75) is 6.92 Å². The van der Waals surface area contributed by atoms with Crippen LogP contribution in [-0.4, -0.2) is 5.91 Å². The minimum Gasteiger partial charge on any atom is -0.324 e. The molecule has 0 saturated heterocycles. The smallest absolute Gasteiger partial charge is 0.221 e. The maximum atomic E-state index is 11.7. The Morgan fingerprint density at radius 1 is 0.405 bits per heavy atom. The summed E-state index contributed by atoms with van der Waals surface area (Å²) >= 11 is 90.5. The highest BCUT2D eigenvalue weighted by Gasteiger charge is 2.38. The number of nitrogens with one attached hydrogen (secondary N) is 1. The first-order chi connectivity index (χ1) is 17.1. The molecule has 1 N–H and O–H groups in total. The molecule has 2 nitrogen and oxygen atoms in total. The molecular weight excluding hydrogens is 779 g/mol. The summed E-state index contributed by atoms with van der Waals surface area (Å²) in [5.74, 6) is -0.586. The minimum absolute atomic E-state index is 0.0670. The van der Waals surface area contributed by atoms with Crippen molar-refractivity contribution in [3.63, 3.8) is 0 Å². The van der Waals surface area contributed by atoms with E-state index in [4.69, 9.17) is 162 Å². The topological polar surface area (TPSA) is 29.1 Å². The van der Waals surface area contributed by atoms with E-state index >= 15 is 0 Å². The lowest BCUT2D eigenvalue weighted by Gasteiger charge is -2.28. The van der Waals surface area contributed by atoms with Crippen molar-refractivity contribution < 1.29 is 4.79 Å². The molecule has 3 rings (SSSR count). The van der Waals surface area contributed by atoms with Crippen LogP contribution in [0.3, 0.4) is 0 Å². The number of carbonyl (C=O) groups is 1. The molecule has 0 aliphatic rings. The van der Waals surface area contributed by atoms with Gasteiger partial charge in [0, 0.05) is 23.6 Å². The van der Waals surface area contributed by atoms with Crippen LogP contribution in [0.4, 0.5) is 5.69 Å². The minimum atomic E-state index is -0.502. The predicted molar refractivity (Wildman–Crippen MR) is 164 cm³/mol. The summed E-state index contributed by atoms with van der Waals surface area (Å²) in [5, 5.41) is -0.166. The monoisotopic (exact) mass is 776 g/mol. The van der Waals surface area contributed by atoms with Crippen LogP contribution < -0.4 is 5.32 Å². The summed E-state index contributed by atoms with van der Waals surface area (Å²) in [6.07, 6.45) is 0. The van der Waals surface area contributed by atoms with Crippen molar-refractivity contribution in [1.29, 1.82) is 0 Å². The van der Waals surface area contributed by atoms with Crippen molar-refractivity contribution in [2.75, 3.05) is 5.32 Å². The molecule has 0 aliphatic heterocycles. The fourth-order valence-electron chi connectivity index (χ4n) is 3.16. The Morgan fingerprint density at radius 2 is 0.622 bits per heavy atom. The number of carbonyl (C=O) groups excluding carboxylic acids is 1. The summed E-state index contributed by atoms with van der Waals surface area (Å²) in [6.45, 7) is 1.23. The van der Waals surface area contributed by atoms with Gasteiger partial charge in [0.05, 0.1) is 81.9 Å². The maximum absolute atomic E-state index is 11.7. The summed E-state index contributed by atoms with van der Waals surface area (Å²) in [6, 6.07) is 0. The Bertz CT molecular complexity index is 1330. The predicted octanol–water partition coefficient (Wildman–Crippen LogP) is 13.8. The highest BCUT2D eigenvalue weighted by atomic mass is 35.5. The number of benzene rings is 3. The van der Waals surface area contributed by atoms with Crippen molar-refractivity contribution in [1.82, 2.24) is 0 Å². The van der Waals surface area contributed by atoms with Gasteiger partial charge in [-0.05, 0) is 0 Å². The second kappa shape index (κ2) is 12.6. The Kier molecular flexibility index (Phi) is 11.1. The van der Waals surface area contributed by atoms with E-state index in [-0.39, 0.29) is 98.6 Å². The summed E-state index contributed by atoms with van der Waals surface area (Å²) < 4.78 is 0. The first kappa shape index (κ1) is 32.7. The van der Waals surface area contributed by atoms with Crippen LogP contribution in [0.2, 0.25) is 70.3 Å². The molecule has 1 amide bonds. The SMILES string of the molecule is CC(=O)Nc1c(Cl)c(Cl)c([C](c2c(Cl)c(Cl)c(Cl)c(Cl)c2Cl)c2c(Cl)c(Cl)c(Cl)c(Cl)c2Cl)c(Cl)c1Cl. The van der Waals surface area contributed by atoms with E-state index in [1.54, 1.807) is 0 Å². The van der Waals surface area contributed by atoms with Crippen molar-refractivity contribution in [2.24, 2.45) is 0 Å². The average Bonchev–Trinajstić information content (AvgIpc) is 2.85. The van der Waals surface area contributed by atoms with Gasteiger partial charge in [0.1, 0.15) is 0 Å². The third kappa shape index (κ3) is 5.79. The standard InChI is InChI=1S/C21H4Cl14NO/c1-2(37)36-21-19(34)11(26)6(12(27)20(21)35)3(4-7(22)13(28)17(32)14(29)8(4)23)5-9(24)15(30)18(33)16(31)10(5)25/h1H3,(H,36,37). The van der Waals surface area contributed by atoms with E-state index in [0.717, 1.165) is 0 Å². The molecule has 0 spiro atoms. The zero-order valence-corrected chi connectivity index (χ0v) is 27.8. The summed E-state index contributed by atoms with van der Waals surface area (Å²) in [7, 11) is 0. The molecule has 1 radical (unpaired) electrons. The zero-order chi connectivity index (χ0) is 28.3. The molecule has 0 aromatic heterocycles. The van der Waals surface area contributed by atoms with E-state index in [1.165, 1.54) is 6.92 Å². The van der Waals surface area contributed by atoms with Gasteiger partial charge in [0.2, 0.25) is 5.91 Å². The number of amides is 1. The largest absolute Gasteiger partial charge is 0.324 e. The van der Waals surface area contributed by atoms with E-state index in [0.29, 0.717) is 0 Å². The lowest BCUT2D eigenvalue weighted by Crippen LogP contribution is -2.13. The molecular formula is C21H4Cl14NO. The van der Waals surface area contributed by atoms with Crippen molar-refractivity contribution >= 4 is 174 Å². The van der Waals surface area contributed by atoms with Gasteiger partial charge in [-0.3, -0.25) is 4.79 Å². The fraction of sp³-hybridized carbons (Fsp3) is 0.0476. The van der Waals surface area contributed by atoms with Gasteiger partial charge in [-0.2, -0.15) is 0 Å². The third-order valence-corrected chi connectivity index (χ3v) is 11.0. The second-order valence-electron chi connectivity index (χ2n) is 6.95. The number of halogens is 14. The molecule has 0 atom stereocenters. The molecule has 3 aromatic rings. The molecule has 0 bridgehead atoms. The second-order valence-corrected chi connectivity index (χ2v) is 12.2. The number of hydrogen-bond acceptors (Lipinski definition) is 1. The van der Waals surface area contributed by atoms with Crippen molar-refractivity contribution in [3.05, 3.63) is 92.9 Å². The van der Waals surface area contributed by atoms with E-state index in [1.807, 2.05) is 0 Å². The van der Waals surface area contributed by atoms with Crippen LogP contribution in [-0.2, 0) is 4.79 Å². The maximum Gasteiger partial charge on any atom is 0.221 e. The molecule has 0 heterocycles. The molecule has 0 saturated carbocycles. The fourth-order valence-corrected chi connectivity index (χ4v) is 6.95. The number of anilines is 1. The van der Waals surface area contributed by atoms with Crippen LogP contribution in [0.5, 0.6) is 0 Å². The van der Waals surface area contributed by atoms with Gasteiger partial charge in [-0.15, -0.1) is 0 Å². The molecule has 37 heavy (non-hydrogen) atoms. The normalized spacial score (nSPS) is 11.5. The van der Waals surface area contributed by atoms with Crippen LogP contribution in [0.15, 0.2) is 0 Å². The lowest BCUT2D eigenvalue weighted by molar-refractivity contribution is -0.114. The Balaban J connectivity index is 2.65. The van der Waals surface area contributed by atoms with Gasteiger partial charge >= 0.3 is 0 Å². The van der Waals surface area contributed by atoms with Gasteiger partial charge in [-0.1, -0.05) is 162 Å². The number of rotatable bonds is 4. The van der Waals surface area contributed by atoms with E-state index in [2.05, 4.69) is 5.32 Å². The Hall–Kier alpha value is 1.19. The van der Waals surface area contributed by atoms with Crippen LogP contribution in [0, 0.1) is 5.92 Å². The molecule has 16 heteroatoms. The zero-order valence-electron chi connectivity index (χ0n) is 17.2. The van der Waals surface area contributed by atoms with Crippen molar-refractivity contribution in [3.8, 4) is 0 Å². The van der Waals surface area contributed by atoms with Crippen LogP contribution in [0.1, 0.15) is 23.6 Å². The molecule has 3 aromatic carbocycles. The Labute approximate surface area is 281 Å². The lowest BCUT2D eigenvalue weighted by atomic mass is 9.84. The average molecular weight is 783 g/mol. The van der Waals surface area contributed by atoms with Crippen LogP contribution in [0.25, 0.3) is 0 Å². The summed E-state index contributed by atoms with van der Waals surface area (Å²) in [4.78, 5) is 11.7. The van der Waals surface area contributed by atoms with Crippen LogP contribution >= 0.6 is 162 Å². The highest BCUT2D eigenvalue weighted by Crippen LogP contribution is 2.58. The van der Waals surface area contributed by atoms with Gasteiger partial charge in [-0.25, -0.2) is 0 Å². The first-order valence-electron chi connectivity index (χ1n) is 9.10. The van der Waals surface area contributed by atoms with E-state index in [9.17, 15) is 4.79 Å². The van der Waals surface area contributed by atoms with Gasteiger partial charge < -0.3 is 5.32 Å². The number of hydrogen-bond donors (Lipinski definition) is 1. The first-order valence-corrected chi connectivity index (χ1v) is 14.4. The highest BCUT2D eigenvalue weighted by molar-refractivity contribution is 6.58. The summed E-state index contributed by atoms with van der Waals surface area (Å²) in [5.41, 5.74) is -0.319. The molecule has 0 unspecified atom stereocenters. The third-order valence-electron chi connectivity index (χ3n) is 4.73. The quantitative estimate of drug-likeness (QED) is 0.159. The van der Waals surface area contributed by atoms with Gasteiger partial charge in [0.15, 0.2) is 0 Å². The molecule has 0 aliphatic carbocycles. The molecule has 0 fully saturated rings.